The Morgan fingerprint density at radius 2 is 1.51 bits per heavy atom. The third-order valence-electron chi connectivity index (χ3n) is 4.92. The van der Waals surface area contributed by atoms with Crippen molar-refractivity contribution >= 4 is 18.0 Å². The molecule has 0 aliphatic heterocycles. The quantitative estimate of drug-likeness (QED) is 0.206. The molecule has 0 atom stereocenters. The summed E-state index contributed by atoms with van der Waals surface area (Å²) >= 11 is 0. The van der Waals surface area contributed by atoms with Crippen molar-refractivity contribution in [3.8, 4) is 28.7 Å². The number of aliphatic carboxylic acids is 2. The molecule has 0 radical (unpaired) electrons. The van der Waals surface area contributed by atoms with Crippen LogP contribution in [0.2, 0.25) is 0 Å². The lowest BCUT2D eigenvalue weighted by Gasteiger charge is -2.13. The van der Waals surface area contributed by atoms with Crippen molar-refractivity contribution in [1.82, 2.24) is 0 Å². The van der Waals surface area contributed by atoms with Gasteiger partial charge < -0.3 is 35.4 Å². The minimum Gasteiger partial charge on any atom is -0.504 e. The Bertz CT molecular complexity index is 1200. The van der Waals surface area contributed by atoms with Crippen molar-refractivity contribution in [2.24, 2.45) is 0 Å². The zero-order chi connectivity index (χ0) is 26.0. The molecule has 184 valence electrons. The molecular weight excluding hydrogens is 456 g/mol. The molecule has 35 heavy (non-hydrogen) atoms. The second-order valence-corrected chi connectivity index (χ2v) is 7.41. The standard InChI is InChI=1S/C17H18O5.C9H8O4/c1-22-13-6-2-11(3-7-13)10-14-12(5-9-16(19)20)4-8-15(18)17(14)21;10-7-3-1-6(5-8(7)11)2-4-9(12)13/h2-4,6-8,18,21H,5,9-10H2,1H3,(H,19,20);1-5,10-11H,(H,12,13). The van der Waals surface area contributed by atoms with Crippen LogP contribution in [-0.4, -0.2) is 49.7 Å². The van der Waals surface area contributed by atoms with E-state index in [1.807, 2.05) is 24.3 Å². The van der Waals surface area contributed by atoms with Gasteiger partial charge in [0.05, 0.1) is 7.11 Å². The summed E-state index contributed by atoms with van der Waals surface area (Å²) in [5, 5.41) is 54.8. The zero-order valence-corrected chi connectivity index (χ0v) is 18.9. The summed E-state index contributed by atoms with van der Waals surface area (Å²) in [7, 11) is 1.58. The van der Waals surface area contributed by atoms with E-state index in [0.717, 1.165) is 17.4 Å². The first-order valence-electron chi connectivity index (χ1n) is 10.4. The van der Waals surface area contributed by atoms with Crippen molar-refractivity contribution in [2.45, 2.75) is 19.3 Å². The first-order chi connectivity index (χ1) is 16.6. The van der Waals surface area contributed by atoms with Gasteiger partial charge in [0.25, 0.3) is 0 Å². The number of carboxylic acids is 2. The molecule has 3 rings (SSSR count). The summed E-state index contributed by atoms with van der Waals surface area (Å²) < 4.78 is 5.10. The number of hydrogen-bond donors (Lipinski definition) is 6. The van der Waals surface area contributed by atoms with Gasteiger partial charge in [-0.2, -0.15) is 0 Å². The number of methoxy groups -OCH3 is 1. The van der Waals surface area contributed by atoms with Crippen LogP contribution < -0.4 is 4.74 Å². The minimum atomic E-state index is -1.06. The molecule has 0 saturated carbocycles. The Morgan fingerprint density at radius 1 is 0.857 bits per heavy atom. The van der Waals surface area contributed by atoms with Crippen LogP contribution in [0.1, 0.15) is 28.7 Å². The van der Waals surface area contributed by atoms with Crippen LogP contribution >= 0.6 is 0 Å². The fourth-order valence-electron chi connectivity index (χ4n) is 3.10. The van der Waals surface area contributed by atoms with E-state index in [0.29, 0.717) is 29.5 Å². The van der Waals surface area contributed by atoms with Crippen molar-refractivity contribution in [3.05, 3.63) is 82.9 Å². The Hall–Kier alpha value is -4.66. The number of aryl methyl sites for hydroxylation is 1. The van der Waals surface area contributed by atoms with Crippen LogP contribution in [0.25, 0.3) is 6.08 Å². The van der Waals surface area contributed by atoms with Crippen LogP contribution in [0.5, 0.6) is 28.7 Å². The SMILES string of the molecule is COc1ccc(Cc2c(CCC(=O)O)ccc(O)c2O)cc1.O=C(O)C=Cc1ccc(O)c(O)c1. The molecule has 0 saturated heterocycles. The maximum atomic E-state index is 10.7. The van der Waals surface area contributed by atoms with E-state index in [-0.39, 0.29) is 29.4 Å². The fraction of sp³-hybridized carbons (Fsp3) is 0.154. The monoisotopic (exact) mass is 482 g/mol. The molecular formula is C26H26O9. The second-order valence-electron chi connectivity index (χ2n) is 7.41. The molecule has 0 amide bonds. The van der Waals surface area contributed by atoms with Gasteiger partial charge in [0.2, 0.25) is 0 Å². The van der Waals surface area contributed by atoms with Crippen molar-refractivity contribution in [3.63, 3.8) is 0 Å². The van der Waals surface area contributed by atoms with E-state index >= 15 is 0 Å². The summed E-state index contributed by atoms with van der Waals surface area (Å²) in [5.74, 6) is -2.13. The molecule has 0 unspecified atom stereocenters. The molecule has 3 aromatic rings. The maximum Gasteiger partial charge on any atom is 0.328 e. The number of benzene rings is 3. The number of aromatic hydroxyl groups is 4. The highest BCUT2D eigenvalue weighted by Gasteiger charge is 2.14. The van der Waals surface area contributed by atoms with Crippen molar-refractivity contribution in [1.29, 1.82) is 0 Å². The highest BCUT2D eigenvalue weighted by molar-refractivity contribution is 5.85. The van der Waals surface area contributed by atoms with Gasteiger partial charge in [-0.05, 0) is 59.5 Å². The molecule has 0 aromatic heterocycles. The highest BCUT2D eigenvalue weighted by atomic mass is 16.5. The van der Waals surface area contributed by atoms with Gasteiger partial charge in [-0.15, -0.1) is 0 Å². The lowest BCUT2D eigenvalue weighted by atomic mass is 9.95. The van der Waals surface area contributed by atoms with E-state index in [1.165, 1.54) is 30.3 Å². The van der Waals surface area contributed by atoms with Crippen molar-refractivity contribution in [2.75, 3.05) is 7.11 Å². The molecule has 0 heterocycles. The molecule has 3 aromatic carbocycles. The molecule has 0 aliphatic carbocycles. The van der Waals surface area contributed by atoms with E-state index in [4.69, 9.17) is 25.2 Å². The van der Waals surface area contributed by atoms with Gasteiger partial charge in [-0.3, -0.25) is 4.79 Å². The number of phenols is 4. The Kier molecular flexibility index (Phi) is 9.53. The van der Waals surface area contributed by atoms with Gasteiger partial charge >= 0.3 is 11.9 Å². The molecule has 9 heteroatoms. The normalized spacial score (nSPS) is 10.4. The molecule has 0 spiro atoms. The summed E-state index contributed by atoms with van der Waals surface area (Å²) in [6.45, 7) is 0. The fourth-order valence-corrected chi connectivity index (χ4v) is 3.10. The van der Waals surface area contributed by atoms with Gasteiger partial charge in [0.1, 0.15) is 5.75 Å². The highest BCUT2D eigenvalue weighted by Crippen LogP contribution is 2.34. The third-order valence-corrected chi connectivity index (χ3v) is 4.92. The van der Waals surface area contributed by atoms with Gasteiger partial charge in [-0.25, -0.2) is 4.79 Å². The van der Waals surface area contributed by atoms with E-state index in [9.17, 15) is 19.8 Å². The summed E-state index contributed by atoms with van der Waals surface area (Å²) in [6, 6.07) is 14.4. The lowest BCUT2D eigenvalue weighted by Crippen LogP contribution is -2.02. The predicted octanol–water partition coefficient (Wildman–Crippen LogP) is 3.91. The second kappa shape index (κ2) is 12.5. The van der Waals surface area contributed by atoms with Crippen LogP contribution in [0, 0.1) is 0 Å². The minimum absolute atomic E-state index is 0.0279. The molecule has 9 nitrogen and oxygen atoms in total. The Balaban J connectivity index is 0.000000283. The largest absolute Gasteiger partial charge is 0.504 e. The zero-order valence-electron chi connectivity index (χ0n) is 18.9. The van der Waals surface area contributed by atoms with E-state index < -0.39 is 11.9 Å². The maximum absolute atomic E-state index is 10.7. The van der Waals surface area contributed by atoms with Crippen LogP contribution in [0.4, 0.5) is 0 Å². The molecule has 0 fully saturated rings. The van der Waals surface area contributed by atoms with Gasteiger partial charge in [0, 0.05) is 24.5 Å². The summed E-state index contributed by atoms with van der Waals surface area (Å²) in [6.07, 6.45) is 2.95. The number of carboxylic acid groups (broad SMARTS) is 2. The molecule has 0 bridgehead atoms. The smallest absolute Gasteiger partial charge is 0.328 e. The molecule has 0 aliphatic rings. The number of hydrogen-bond acceptors (Lipinski definition) is 7. The lowest BCUT2D eigenvalue weighted by molar-refractivity contribution is -0.137. The number of carbonyl (C=O) groups is 2. The van der Waals surface area contributed by atoms with E-state index in [1.54, 1.807) is 13.2 Å². The number of phenolic OH excluding ortho intramolecular Hbond substituents is 4. The van der Waals surface area contributed by atoms with Crippen molar-refractivity contribution < 1.29 is 45.0 Å². The first kappa shape index (κ1) is 26.6. The summed E-state index contributed by atoms with van der Waals surface area (Å²) in [5.41, 5.74) is 2.70. The average Bonchev–Trinajstić information content (AvgIpc) is 2.83. The van der Waals surface area contributed by atoms with Crippen LogP contribution in [0.15, 0.2) is 60.7 Å². The first-order valence-corrected chi connectivity index (χ1v) is 10.4. The van der Waals surface area contributed by atoms with Crippen LogP contribution in [-0.2, 0) is 22.4 Å². The van der Waals surface area contributed by atoms with Gasteiger partial charge in [0.15, 0.2) is 23.0 Å². The molecule has 6 N–H and O–H groups in total. The number of rotatable bonds is 8. The Labute approximate surface area is 201 Å². The van der Waals surface area contributed by atoms with Crippen LogP contribution in [0.3, 0.4) is 0 Å². The van der Waals surface area contributed by atoms with E-state index in [2.05, 4.69) is 0 Å². The third kappa shape index (κ3) is 8.32. The topological polar surface area (TPSA) is 165 Å². The predicted molar refractivity (Wildman–Crippen MR) is 128 cm³/mol. The average molecular weight is 482 g/mol. The Morgan fingerprint density at radius 3 is 2.09 bits per heavy atom. The number of ether oxygens (including phenoxy) is 1. The van der Waals surface area contributed by atoms with Gasteiger partial charge in [-0.1, -0.05) is 24.3 Å². The summed E-state index contributed by atoms with van der Waals surface area (Å²) in [4.78, 5) is 20.9.